The van der Waals surface area contributed by atoms with E-state index in [2.05, 4.69) is 9.82 Å². The quantitative estimate of drug-likeness (QED) is 0.564. The minimum absolute atomic E-state index is 0.0261. The van der Waals surface area contributed by atoms with Crippen molar-refractivity contribution in [3.63, 3.8) is 0 Å². The standard InChI is InChI=1S/C16H11F6N3O2S2/c1-25-14(16(20,21)22)11(8-23-25)12-6-7-13(28-12)29(26,27)24-10-4-2-9(3-5-10)15(17,18)19/h2-8,24H,1H3. The van der Waals surface area contributed by atoms with Gasteiger partial charge in [0, 0.05) is 23.2 Å². The van der Waals surface area contributed by atoms with Crippen molar-refractivity contribution in [3.8, 4) is 10.4 Å². The van der Waals surface area contributed by atoms with Crippen molar-refractivity contribution in [2.75, 3.05) is 4.72 Å². The predicted octanol–water partition coefficient (Wildman–Crippen LogP) is 4.99. The van der Waals surface area contributed by atoms with Gasteiger partial charge in [-0.15, -0.1) is 11.3 Å². The number of nitrogens with one attached hydrogen (secondary N) is 1. The van der Waals surface area contributed by atoms with E-state index in [1.54, 1.807) is 0 Å². The molecule has 0 radical (unpaired) electrons. The summed E-state index contributed by atoms with van der Waals surface area (Å²) >= 11 is 0.579. The van der Waals surface area contributed by atoms with Crippen molar-refractivity contribution in [3.05, 3.63) is 53.9 Å². The van der Waals surface area contributed by atoms with Gasteiger partial charge in [-0.05, 0) is 36.4 Å². The zero-order valence-corrected chi connectivity index (χ0v) is 16.0. The molecule has 0 aliphatic carbocycles. The summed E-state index contributed by atoms with van der Waals surface area (Å²) in [5, 5.41) is 3.57. The molecule has 0 aliphatic rings. The Morgan fingerprint density at radius 1 is 0.966 bits per heavy atom. The van der Waals surface area contributed by atoms with E-state index in [0.717, 1.165) is 31.4 Å². The normalized spacial score (nSPS) is 12.9. The van der Waals surface area contributed by atoms with E-state index in [4.69, 9.17) is 0 Å². The molecule has 0 atom stereocenters. The molecule has 3 aromatic rings. The van der Waals surface area contributed by atoms with E-state index in [9.17, 15) is 34.8 Å². The minimum atomic E-state index is -4.69. The van der Waals surface area contributed by atoms with Gasteiger partial charge < -0.3 is 0 Å². The third-order valence-corrected chi connectivity index (χ3v) is 6.78. The average molecular weight is 455 g/mol. The maximum Gasteiger partial charge on any atom is 0.433 e. The third kappa shape index (κ3) is 4.40. The molecule has 2 heterocycles. The van der Waals surface area contributed by atoms with Gasteiger partial charge in [-0.25, -0.2) is 8.42 Å². The third-order valence-electron chi connectivity index (χ3n) is 3.78. The second-order valence-electron chi connectivity index (χ2n) is 5.83. The smallest absolute Gasteiger partial charge is 0.279 e. The summed E-state index contributed by atoms with van der Waals surface area (Å²) in [5.74, 6) is 0. The molecular formula is C16H11F6N3O2S2. The van der Waals surface area contributed by atoms with Crippen LogP contribution < -0.4 is 4.72 Å². The van der Waals surface area contributed by atoms with Crippen molar-refractivity contribution < 1.29 is 34.8 Å². The number of aryl methyl sites for hydroxylation is 1. The first-order valence-corrected chi connectivity index (χ1v) is 9.98. The van der Waals surface area contributed by atoms with Crippen LogP contribution in [0.2, 0.25) is 0 Å². The molecule has 1 N–H and O–H groups in total. The van der Waals surface area contributed by atoms with Crippen LogP contribution in [0.15, 0.2) is 46.8 Å². The van der Waals surface area contributed by atoms with E-state index < -0.39 is 33.6 Å². The number of hydrogen-bond donors (Lipinski definition) is 1. The number of halogens is 6. The number of nitrogens with zero attached hydrogens (tertiary/aromatic N) is 2. The first-order valence-electron chi connectivity index (χ1n) is 7.68. The Bertz CT molecular complexity index is 1130. The van der Waals surface area contributed by atoms with E-state index in [0.29, 0.717) is 28.2 Å². The summed E-state index contributed by atoms with van der Waals surface area (Å²) in [6.45, 7) is 0. The minimum Gasteiger partial charge on any atom is -0.279 e. The number of rotatable bonds is 4. The van der Waals surface area contributed by atoms with Crippen LogP contribution >= 0.6 is 11.3 Å². The molecule has 29 heavy (non-hydrogen) atoms. The first kappa shape index (κ1) is 21.2. The van der Waals surface area contributed by atoms with E-state index in [1.165, 1.54) is 6.07 Å². The van der Waals surface area contributed by atoms with Crippen LogP contribution in [0.5, 0.6) is 0 Å². The molecule has 0 saturated carbocycles. The molecule has 13 heteroatoms. The maximum atomic E-state index is 13.2. The van der Waals surface area contributed by atoms with Crippen LogP contribution in [0.3, 0.4) is 0 Å². The van der Waals surface area contributed by atoms with Crippen LogP contribution in [0, 0.1) is 0 Å². The van der Waals surface area contributed by atoms with Crippen LogP contribution in [0.4, 0.5) is 32.0 Å². The number of aromatic nitrogens is 2. The highest BCUT2D eigenvalue weighted by Gasteiger charge is 2.38. The Balaban J connectivity index is 1.89. The van der Waals surface area contributed by atoms with Crippen LogP contribution in [-0.2, 0) is 29.4 Å². The molecule has 0 unspecified atom stereocenters. The van der Waals surface area contributed by atoms with Crippen molar-refractivity contribution in [2.45, 2.75) is 16.6 Å². The summed E-state index contributed by atoms with van der Waals surface area (Å²) < 4.78 is 105. The Morgan fingerprint density at radius 3 is 2.14 bits per heavy atom. The second-order valence-corrected chi connectivity index (χ2v) is 8.82. The maximum absolute atomic E-state index is 13.2. The number of hydrogen-bond acceptors (Lipinski definition) is 4. The molecule has 2 aromatic heterocycles. The van der Waals surface area contributed by atoms with Gasteiger partial charge in [-0.2, -0.15) is 31.4 Å². The molecule has 3 rings (SSSR count). The highest BCUT2D eigenvalue weighted by Crippen LogP contribution is 2.40. The monoisotopic (exact) mass is 455 g/mol. The lowest BCUT2D eigenvalue weighted by Crippen LogP contribution is -2.13. The van der Waals surface area contributed by atoms with Gasteiger partial charge in [0.15, 0.2) is 5.69 Å². The number of benzene rings is 1. The molecule has 0 spiro atoms. The topological polar surface area (TPSA) is 64.0 Å². The number of thiophene rings is 1. The Hall–Kier alpha value is -2.54. The summed E-state index contributed by atoms with van der Waals surface area (Å²) in [7, 11) is -3.10. The van der Waals surface area contributed by atoms with Gasteiger partial charge in [0.05, 0.1) is 11.8 Å². The number of sulfonamides is 1. The Kier molecular flexibility index (Phi) is 5.15. The van der Waals surface area contributed by atoms with Gasteiger partial charge in [0.25, 0.3) is 10.0 Å². The molecule has 0 bridgehead atoms. The highest BCUT2D eigenvalue weighted by atomic mass is 32.2. The molecule has 0 amide bonds. The molecule has 0 fully saturated rings. The fourth-order valence-corrected chi connectivity index (χ4v) is 4.87. The van der Waals surface area contributed by atoms with Gasteiger partial charge in [0.2, 0.25) is 0 Å². The lowest BCUT2D eigenvalue weighted by atomic mass is 10.2. The predicted molar refractivity (Wildman–Crippen MR) is 93.8 cm³/mol. The fraction of sp³-hybridized carbons (Fsp3) is 0.188. The Labute approximate surface area is 164 Å². The average Bonchev–Trinajstić information content (AvgIpc) is 3.20. The van der Waals surface area contributed by atoms with Crippen molar-refractivity contribution in [1.29, 1.82) is 0 Å². The molecular weight excluding hydrogens is 444 g/mol. The molecule has 0 saturated heterocycles. The van der Waals surface area contributed by atoms with Gasteiger partial charge in [0.1, 0.15) is 4.21 Å². The van der Waals surface area contributed by atoms with Crippen molar-refractivity contribution in [2.24, 2.45) is 7.05 Å². The first-order chi connectivity index (χ1) is 13.3. The zero-order valence-electron chi connectivity index (χ0n) is 14.3. The lowest BCUT2D eigenvalue weighted by Gasteiger charge is -2.09. The van der Waals surface area contributed by atoms with Crippen molar-refractivity contribution in [1.82, 2.24) is 9.78 Å². The van der Waals surface area contributed by atoms with E-state index in [-0.39, 0.29) is 20.3 Å². The number of anilines is 1. The van der Waals surface area contributed by atoms with E-state index in [1.807, 2.05) is 0 Å². The molecule has 0 aliphatic heterocycles. The molecule has 1 aromatic carbocycles. The molecule has 5 nitrogen and oxygen atoms in total. The summed E-state index contributed by atoms with van der Waals surface area (Å²) in [6, 6.07) is 5.62. The second kappa shape index (κ2) is 7.06. The molecule has 156 valence electrons. The zero-order chi connectivity index (χ0) is 21.6. The van der Waals surface area contributed by atoms with Gasteiger partial charge >= 0.3 is 12.4 Å². The summed E-state index contributed by atoms with van der Waals surface area (Å²) in [4.78, 5) is 0.0261. The fourth-order valence-electron chi connectivity index (χ4n) is 2.50. The van der Waals surface area contributed by atoms with Crippen LogP contribution in [-0.4, -0.2) is 18.2 Å². The highest BCUT2D eigenvalue weighted by molar-refractivity contribution is 7.94. The lowest BCUT2D eigenvalue weighted by molar-refractivity contribution is -0.143. The summed E-state index contributed by atoms with van der Waals surface area (Å²) in [6.07, 6.45) is -8.28. The van der Waals surface area contributed by atoms with Gasteiger partial charge in [-0.3, -0.25) is 9.40 Å². The Morgan fingerprint density at radius 2 is 1.59 bits per heavy atom. The van der Waals surface area contributed by atoms with Crippen LogP contribution in [0.1, 0.15) is 11.3 Å². The van der Waals surface area contributed by atoms with Gasteiger partial charge in [-0.1, -0.05) is 0 Å². The summed E-state index contributed by atoms with van der Waals surface area (Å²) in [5.41, 5.74) is -2.37. The van der Waals surface area contributed by atoms with E-state index >= 15 is 0 Å². The largest absolute Gasteiger partial charge is 0.433 e. The number of alkyl halides is 6. The van der Waals surface area contributed by atoms with Crippen molar-refractivity contribution >= 4 is 27.0 Å². The van der Waals surface area contributed by atoms with Crippen LogP contribution in [0.25, 0.3) is 10.4 Å². The SMILES string of the molecule is Cn1ncc(-c2ccc(S(=O)(=O)Nc3ccc(C(F)(F)F)cc3)s2)c1C(F)(F)F.